The van der Waals surface area contributed by atoms with E-state index in [9.17, 15) is 9.90 Å². The Morgan fingerprint density at radius 3 is 2.97 bits per heavy atom. The predicted octanol–water partition coefficient (Wildman–Crippen LogP) is 1.76. The number of hydrogen-bond acceptors (Lipinski definition) is 10. The molecule has 4 heterocycles. The second-order valence-electron chi connectivity index (χ2n) is 9.73. The molecule has 3 aromatic rings. The molecule has 202 valence electrons. The standard InChI is InChI=1S/C27H34N6O5/c1-18-24-6-8-32(12-20(24)3-4-25(18)37-16-23-11-28-17-38-23)15-22(34)10-30-27(35)19-5-7-29-26(9-19)31-21-13-33(14-21)36-2/h3-5,7,9,11,17,21-22,34H,6,8,10,12-16H2,1-2H3,(H,29,31)(H,30,35)/t22-/m0/s1. The van der Waals surface area contributed by atoms with Gasteiger partial charge in [0.1, 0.15) is 18.2 Å². The average molecular weight is 523 g/mol. The van der Waals surface area contributed by atoms with E-state index in [1.54, 1.807) is 31.6 Å². The molecule has 0 spiro atoms. The molecule has 1 aromatic carbocycles. The molecule has 0 unspecified atom stereocenters. The quantitative estimate of drug-likeness (QED) is 0.343. The SMILES string of the molecule is CON1CC(Nc2cc(C(=O)NC[C@H](O)CN3CCc4c(ccc(OCc5cnco5)c4C)C3)ccn2)C1. The summed E-state index contributed by atoms with van der Waals surface area (Å²) >= 11 is 0. The van der Waals surface area contributed by atoms with Gasteiger partial charge < -0.3 is 29.7 Å². The van der Waals surface area contributed by atoms with Crippen molar-refractivity contribution in [2.45, 2.75) is 38.6 Å². The van der Waals surface area contributed by atoms with Crippen LogP contribution in [0.25, 0.3) is 0 Å². The zero-order chi connectivity index (χ0) is 26.5. The van der Waals surface area contributed by atoms with Gasteiger partial charge in [-0.2, -0.15) is 5.06 Å². The zero-order valence-corrected chi connectivity index (χ0v) is 21.7. The van der Waals surface area contributed by atoms with Gasteiger partial charge in [0.15, 0.2) is 12.2 Å². The van der Waals surface area contributed by atoms with Crippen molar-refractivity contribution < 1.29 is 23.9 Å². The Hall–Kier alpha value is -3.51. The maximum atomic E-state index is 12.7. The average Bonchev–Trinajstić information content (AvgIpc) is 3.42. The Labute approximate surface area is 221 Å². The van der Waals surface area contributed by atoms with Crippen LogP contribution in [-0.4, -0.2) is 82.9 Å². The summed E-state index contributed by atoms with van der Waals surface area (Å²) in [7, 11) is 1.65. The van der Waals surface area contributed by atoms with Crippen molar-refractivity contribution in [2.75, 3.05) is 45.2 Å². The van der Waals surface area contributed by atoms with Crippen molar-refractivity contribution in [3.63, 3.8) is 0 Å². The van der Waals surface area contributed by atoms with Gasteiger partial charge in [-0.3, -0.25) is 9.69 Å². The second-order valence-corrected chi connectivity index (χ2v) is 9.73. The summed E-state index contributed by atoms with van der Waals surface area (Å²) in [5, 5.41) is 18.6. The molecule has 1 amide bonds. The van der Waals surface area contributed by atoms with Crippen LogP contribution in [0.3, 0.4) is 0 Å². The molecule has 2 aliphatic heterocycles. The van der Waals surface area contributed by atoms with E-state index in [0.29, 0.717) is 30.3 Å². The number of anilines is 1. The largest absolute Gasteiger partial charge is 0.485 e. The van der Waals surface area contributed by atoms with Crippen LogP contribution >= 0.6 is 0 Å². The van der Waals surface area contributed by atoms with Gasteiger partial charge in [0.2, 0.25) is 0 Å². The van der Waals surface area contributed by atoms with E-state index in [0.717, 1.165) is 43.9 Å². The van der Waals surface area contributed by atoms with E-state index in [2.05, 4.69) is 38.5 Å². The van der Waals surface area contributed by atoms with Crippen LogP contribution in [0, 0.1) is 6.92 Å². The molecule has 5 rings (SSSR count). The van der Waals surface area contributed by atoms with E-state index in [1.165, 1.54) is 17.5 Å². The topological polar surface area (TPSA) is 125 Å². The van der Waals surface area contributed by atoms with Crippen LogP contribution in [0.1, 0.15) is 32.8 Å². The van der Waals surface area contributed by atoms with E-state index in [1.807, 2.05) is 11.1 Å². The first kappa shape index (κ1) is 26.1. The van der Waals surface area contributed by atoms with E-state index in [-0.39, 0.29) is 18.5 Å². The second kappa shape index (κ2) is 11.9. The number of pyridine rings is 1. The summed E-state index contributed by atoms with van der Waals surface area (Å²) in [6, 6.07) is 7.71. The lowest BCUT2D eigenvalue weighted by atomic mass is 9.94. The molecule has 38 heavy (non-hydrogen) atoms. The van der Waals surface area contributed by atoms with Crippen molar-refractivity contribution >= 4 is 11.7 Å². The van der Waals surface area contributed by atoms with Gasteiger partial charge in [-0.05, 0) is 48.2 Å². The van der Waals surface area contributed by atoms with E-state index in [4.69, 9.17) is 14.0 Å². The lowest BCUT2D eigenvalue weighted by Gasteiger charge is -2.37. The van der Waals surface area contributed by atoms with Gasteiger partial charge in [0.25, 0.3) is 5.91 Å². The lowest BCUT2D eigenvalue weighted by Crippen LogP contribution is -2.53. The van der Waals surface area contributed by atoms with Crippen LogP contribution in [0.4, 0.5) is 5.82 Å². The van der Waals surface area contributed by atoms with Crippen molar-refractivity contribution in [1.29, 1.82) is 0 Å². The number of nitrogens with zero attached hydrogens (tertiary/aromatic N) is 4. The van der Waals surface area contributed by atoms with E-state index >= 15 is 0 Å². The molecule has 0 saturated carbocycles. The number of benzene rings is 1. The first-order chi connectivity index (χ1) is 18.5. The van der Waals surface area contributed by atoms with Crippen molar-refractivity contribution in [2.24, 2.45) is 0 Å². The van der Waals surface area contributed by atoms with Crippen LogP contribution < -0.4 is 15.4 Å². The monoisotopic (exact) mass is 522 g/mol. The number of carbonyl (C=O) groups excluding carboxylic acids is 1. The number of aliphatic hydroxyl groups excluding tert-OH is 1. The summed E-state index contributed by atoms with van der Waals surface area (Å²) < 4.78 is 11.2. The highest BCUT2D eigenvalue weighted by Gasteiger charge is 2.27. The number of hydroxylamine groups is 2. The molecule has 11 heteroatoms. The van der Waals surface area contributed by atoms with Crippen LogP contribution in [0.5, 0.6) is 5.75 Å². The summed E-state index contributed by atoms with van der Waals surface area (Å²) in [5.41, 5.74) is 4.15. The fraction of sp³-hybridized carbons (Fsp3) is 0.444. The number of ether oxygens (including phenoxy) is 1. The maximum Gasteiger partial charge on any atom is 0.251 e. The molecule has 2 aromatic heterocycles. The fourth-order valence-electron chi connectivity index (χ4n) is 4.87. The first-order valence-corrected chi connectivity index (χ1v) is 12.8. The maximum absolute atomic E-state index is 12.7. The van der Waals surface area contributed by atoms with Gasteiger partial charge in [0, 0.05) is 51.0 Å². The molecule has 3 N–H and O–H groups in total. The van der Waals surface area contributed by atoms with Gasteiger partial charge in [-0.1, -0.05) is 6.07 Å². The lowest BCUT2D eigenvalue weighted by molar-refractivity contribution is -0.176. The number of fused-ring (bicyclic) bond motifs is 1. The highest BCUT2D eigenvalue weighted by molar-refractivity contribution is 5.94. The van der Waals surface area contributed by atoms with Crippen molar-refractivity contribution in [3.05, 3.63) is 71.1 Å². The number of amides is 1. The molecule has 0 bridgehead atoms. The highest BCUT2D eigenvalue weighted by atomic mass is 16.7. The summed E-state index contributed by atoms with van der Waals surface area (Å²) in [5.74, 6) is 1.94. The molecule has 0 radical (unpaired) electrons. The van der Waals surface area contributed by atoms with Crippen molar-refractivity contribution in [3.8, 4) is 5.75 Å². The number of aliphatic hydroxyl groups is 1. The third-order valence-electron chi connectivity index (χ3n) is 7.02. The number of carbonyl (C=O) groups is 1. The van der Waals surface area contributed by atoms with Gasteiger partial charge >= 0.3 is 0 Å². The molecule has 1 saturated heterocycles. The van der Waals surface area contributed by atoms with Gasteiger partial charge in [-0.25, -0.2) is 9.97 Å². The molecular formula is C27H34N6O5. The first-order valence-electron chi connectivity index (χ1n) is 12.8. The highest BCUT2D eigenvalue weighted by Crippen LogP contribution is 2.30. The number of nitrogens with one attached hydrogen (secondary N) is 2. The Morgan fingerprint density at radius 1 is 1.32 bits per heavy atom. The van der Waals surface area contributed by atoms with Crippen molar-refractivity contribution in [1.82, 2.24) is 25.2 Å². The molecule has 1 fully saturated rings. The molecular weight excluding hydrogens is 488 g/mol. The van der Waals surface area contributed by atoms with Crippen LogP contribution in [0.2, 0.25) is 0 Å². The van der Waals surface area contributed by atoms with Crippen LogP contribution in [-0.2, 0) is 24.4 Å². The van der Waals surface area contributed by atoms with Gasteiger partial charge in [-0.15, -0.1) is 0 Å². The number of hydrogen-bond donors (Lipinski definition) is 3. The summed E-state index contributed by atoms with van der Waals surface area (Å²) in [4.78, 5) is 28.3. The molecule has 2 aliphatic rings. The smallest absolute Gasteiger partial charge is 0.251 e. The minimum Gasteiger partial charge on any atom is -0.485 e. The van der Waals surface area contributed by atoms with Gasteiger partial charge in [0.05, 0.1) is 25.5 Å². The number of β-amino-alcohol motifs (C(OH)–C–C–N with tert-alkyl or cyclic N) is 1. The van der Waals surface area contributed by atoms with Crippen LogP contribution in [0.15, 0.2) is 47.5 Å². The summed E-state index contributed by atoms with van der Waals surface area (Å²) in [6.07, 6.45) is 4.85. The Balaban J connectivity index is 1.08. The Bertz CT molecular complexity index is 1230. The molecule has 1 atom stereocenters. The fourth-order valence-corrected chi connectivity index (χ4v) is 4.87. The minimum absolute atomic E-state index is 0.173. The normalized spacial score (nSPS) is 16.9. The molecule has 11 nitrogen and oxygen atoms in total. The third kappa shape index (κ3) is 6.30. The number of rotatable bonds is 11. The number of aromatic nitrogens is 2. The predicted molar refractivity (Wildman–Crippen MR) is 140 cm³/mol. The van der Waals surface area contributed by atoms with E-state index < -0.39 is 6.10 Å². The summed E-state index contributed by atoms with van der Waals surface area (Å²) in [6.45, 7) is 6.16. The molecule has 0 aliphatic carbocycles. The Kier molecular flexibility index (Phi) is 8.18. The zero-order valence-electron chi connectivity index (χ0n) is 21.7. The Morgan fingerprint density at radius 2 is 2.18 bits per heavy atom. The minimum atomic E-state index is -0.680. The third-order valence-corrected chi connectivity index (χ3v) is 7.02. The number of oxazole rings is 1.